The van der Waals surface area contributed by atoms with Crippen LogP contribution in [0.3, 0.4) is 0 Å². The largest absolute Gasteiger partial charge is 0.492 e. The van der Waals surface area contributed by atoms with E-state index in [2.05, 4.69) is 20.6 Å². The molecule has 0 spiro atoms. The molecule has 0 radical (unpaired) electrons. The molecule has 2 aromatic carbocycles. The van der Waals surface area contributed by atoms with E-state index in [4.69, 9.17) is 9.47 Å². The number of nitrogens with zero attached hydrogens (tertiary/aromatic N) is 2. The average Bonchev–Trinajstić information content (AvgIpc) is 3.12. The molecule has 7 heteroatoms. The van der Waals surface area contributed by atoms with Crippen molar-refractivity contribution in [1.29, 1.82) is 0 Å². The highest BCUT2D eigenvalue weighted by molar-refractivity contribution is 5.65. The molecule has 0 bridgehead atoms. The Morgan fingerprint density at radius 1 is 1.17 bits per heavy atom. The number of benzene rings is 2. The van der Waals surface area contributed by atoms with Crippen LogP contribution < -0.4 is 20.1 Å². The maximum absolute atomic E-state index is 14.8. The molecule has 6 nitrogen and oxygen atoms in total. The molecule has 1 aliphatic carbocycles. The predicted molar refractivity (Wildman–Crippen MR) is 115 cm³/mol. The zero-order valence-electron chi connectivity index (χ0n) is 16.9. The Morgan fingerprint density at radius 2 is 2.07 bits per heavy atom. The van der Waals surface area contributed by atoms with E-state index in [1.165, 1.54) is 0 Å². The number of hydrogen-bond donors (Lipinski definition) is 2. The summed E-state index contributed by atoms with van der Waals surface area (Å²) < 4.78 is 26.2. The molecule has 1 heterocycles. The molecule has 30 heavy (non-hydrogen) atoms. The lowest BCUT2D eigenvalue weighted by Gasteiger charge is -2.11. The highest BCUT2D eigenvalue weighted by Crippen LogP contribution is 2.34. The summed E-state index contributed by atoms with van der Waals surface area (Å²) in [5.74, 6) is 1.11. The third kappa shape index (κ3) is 4.58. The Morgan fingerprint density at radius 3 is 2.93 bits per heavy atom. The zero-order valence-corrected chi connectivity index (χ0v) is 16.9. The van der Waals surface area contributed by atoms with Gasteiger partial charge in [0.25, 0.3) is 0 Å². The number of allylic oxidation sites excluding steroid dienone is 1. The zero-order chi connectivity index (χ0) is 20.9. The van der Waals surface area contributed by atoms with Crippen LogP contribution in [0.5, 0.6) is 17.4 Å². The van der Waals surface area contributed by atoms with Gasteiger partial charge in [0.05, 0.1) is 0 Å². The van der Waals surface area contributed by atoms with Gasteiger partial charge in [0.2, 0.25) is 11.8 Å². The van der Waals surface area contributed by atoms with Crippen molar-refractivity contribution in [3.8, 4) is 17.4 Å². The van der Waals surface area contributed by atoms with Crippen LogP contribution in [-0.4, -0.2) is 30.2 Å². The third-order valence-corrected chi connectivity index (χ3v) is 4.65. The number of rotatable bonds is 8. The molecule has 2 N–H and O–H groups in total. The first-order chi connectivity index (χ1) is 14.6. The van der Waals surface area contributed by atoms with Gasteiger partial charge < -0.3 is 20.1 Å². The fourth-order valence-corrected chi connectivity index (χ4v) is 3.24. The van der Waals surface area contributed by atoms with Crippen LogP contribution in [0.2, 0.25) is 0 Å². The molecule has 0 amide bonds. The Hall–Kier alpha value is -3.45. The molecule has 1 aromatic heterocycles. The van der Waals surface area contributed by atoms with Gasteiger partial charge in [-0.25, -0.2) is 9.37 Å². The van der Waals surface area contributed by atoms with Crippen LogP contribution in [-0.2, 0) is 6.42 Å². The lowest BCUT2D eigenvalue weighted by Crippen LogP contribution is -2.15. The highest BCUT2D eigenvalue weighted by atomic mass is 19.1. The fourth-order valence-electron chi connectivity index (χ4n) is 3.24. The summed E-state index contributed by atoms with van der Waals surface area (Å²) in [5.41, 5.74) is 3.47. The van der Waals surface area contributed by atoms with E-state index in [0.29, 0.717) is 18.1 Å². The fraction of sp³-hybridized carbons (Fsp3) is 0.217. The number of likely N-dealkylation sites (N-methyl/N-ethyl adjacent to an activating group) is 1. The van der Waals surface area contributed by atoms with Gasteiger partial charge in [-0.05, 0) is 44.2 Å². The van der Waals surface area contributed by atoms with Gasteiger partial charge in [-0.2, -0.15) is 4.98 Å². The summed E-state index contributed by atoms with van der Waals surface area (Å²) in [7, 11) is 1.88. The van der Waals surface area contributed by atoms with E-state index in [1.54, 1.807) is 18.3 Å². The minimum Gasteiger partial charge on any atom is -0.492 e. The average molecular weight is 406 g/mol. The number of hydrogen-bond acceptors (Lipinski definition) is 6. The molecule has 0 saturated carbocycles. The summed E-state index contributed by atoms with van der Waals surface area (Å²) >= 11 is 0. The van der Waals surface area contributed by atoms with Crippen molar-refractivity contribution in [2.45, 2.75) is 13.3 Å². The SMILES string of the molecule is CNCCOc1cccc(Nc2nccc(Oc3ccc4c(c3F)C=C(C)C4)n2)c1. The Labute approximate surface area is 174 Å². The maximum atomic E-state index is 14.8. The van der Waals surface area contributed by atoms with Gasteiger partial charge in [-0.15, -0.1) is 0 Å². The summed E-state index contributed by atoms with van der Waals surface area (Å²) in [6.45, 7) is 3.32. The molecular weight excluding hydrogens is 383 g/mol. The van der Waals surface area contributed by atoms with Crippen LogP contribution in [0.25, 0.3) is 6.08 Å². The van der Waals surface area contributed by atoms with Crippen molar-refractivity contribution < 1.29 is 13.9 Å². The topological polar surface area (TPSA) is 68.3 Å². The smallest absolute Gasteiger partial charge is 0.230 e. The van der Waals surface area contributed by atoms with Gasteiger partial charge in [0.15, 0.2) is 11.6 Å². The molecule has 154 valence electrons. The Kier molecular flexibility index (Phi) is 5.90. The molecule has 0 aliphatic heterocycles. The van der Waals surface area contributed by atoms with Crippen molar-refractivity contribution in [2.24, 2.45) is 0 Å². The lowest BCUT2D eigenvalue weighted by atomic mass is 10.1. The minimum atomic E-state index is -0.371. The molecular formula is C23H23FN4O2. The van der Waals surface area contributed by atoms with Crippen molar-refractivity contribution in [1.82, 2.24) is 15.3 Å². The summed E-state index contributed by atoms with van der Waals surface area (Å²) in [4.78, 5) is 8.56. The van der Waals surface area contributed by atoms with Crippen LogP contribution in [0.15, 0.2) is 54.2 Å². The van der Waals surface area contributed by atoms with E-state index >= 15 is 0 Å². The van der Waals surface area contributed by atoms with E-state index in [9.17, 15) is 4.39 Å². The van der Waals surface area contributed by atoms with Gasteiger partial charge in [0.1, 0.15) is 12.4 Å². The van der Waals surface area contributed by atoms with Crippen LogP contribution in [0, 0.1) is 5.82 Å². The van der Waals surface area contributed by atoms with E-state index in [0.717, 1.165) is 35.5 Å². The van der Waals surface area contributed by atoms with E-state index in [-0.39, 0.29) is 17.4 Å². The monoisotopic (exact) mass is 406 g/mol. The summed E-state index contributed by atoms with van der Waals surface area (Å²) in [6, 6.07) is 12.6. The van der Waals surface area contributed by atoms with Gasteiger partial charge in [-0.3, -0.25) is 0 Å². The predicted octanol–water partition coefficient (Wildman–Crippen LogP) is 4.71. The second-order valence-corrected chi connectivity index (χ2v) is 7.04. The van der Waals surface area contributed by atoms with Gasteiger partial charge >= 0.3 is 0 Å². The first-order valence-electron chi connectivity index (χ1n) is 9.76. The van der Waals surface area contributed by atoms with Gasteiger partial charge in [0, 0.05) is 36.1 Å². The standard InChI is InChI=1S/C23H23FN4O2/c1-15-12-16-6-7-20(22(24)19(16)13-15)30-21-8-9-26-23(28-21)27-17-4-3-5-18(14-17)29-11-10-25-2/h3-9,13-14,25H,10-12H2,1-2H3,(H,26,27,28). The molecule has 3 aromatic rings. The summed E-state index contributed by atoms with van der Waals surface area (Å²) in [5, 5.41) is 6.16. The second-order valence-electron chi connectivity index (χ2n) is 7.04. The molecule has 0 fully saturated rings. The lowest BCUT2D eigenvalue weighted by molar-refractivity contribution is 0.318. The first kappa shape index (κ1) is 19.8. The Bertz CT molecular complexity index is 1080. The molecule has 0 atom stereocenters. The van der Waals surface area contributed by atoms with E-state index in [1.807, 2.05) is 50.4 Å². The highest BCUT2D eigenvalue weighted by Gasteiger charge is 2.18. The first-order valence-corrected chi connectivity index (χ1v) is 9.76. The quantitative estimate of drug-likeness (QED) is 0.528. The second kappa shape index (κ2) is 8.92. The number of halogens is 1. The van der Waals surface area contributed by atoms with Crippen LogP contribution >= 0.6 is 0 Å². The number of nitrogens with one attached hydrogen (secondary N) is 2. The van der Waals surface area contributed by atoms with Crippen molar-refractivity contribution >= 4 is 17.7 Å². The summed E-state index contributed by atoms with van der Waals surface area (Å²) in [6.07, 6.45) is 4.19. The van der Waals surface area contributed by atoms with Gasteiger partial charge in [-0.1, -0.05) is 23.8 Å². The number of ether oxygens (including phenoxy) is 2. The van der Waals surface area contributed by atoms with Crippen molar-refractivity contribution in [2.75, 3.05) is 25.5 Å². The third-order valence-electron chi connectivity index (χ3n) is 4.65. The number of fused-ring (bicyclic) bond motifs is 1. The number of aromatic nitrogens is 2. The van der Waals surface area contributed by atoms with Crippen LogP contribution in [0.4, 0.5) is 16.0 Å². The number of anilines is 2. The normalized spacial score (nSPS) is 12.3. The van der Waals surface area contributed by atoms with E-state index < -0.39 is 0 Å². The van der Waals surface area contributed by atoms with Crippen molar-refractivity contribution in [3.63, 3.8) is 0 Å². The molecule has 0 unspecified atom stereocenters. The van der Waals surface area contributed by atoms with Crippen LogP contribution in [0.1, 0.15) is 18.1 Å². The molecule has 4 rings (SSSR count). The van der Waals surface area contributed by atoms with Crippen molar-refractivity contribution in [3.05, 3.63) is 71.2 Å². The minimum absolute atomic E-state index is 0.143. The maximum Gasteiger partial charge on any atom is 0.230 e. The molecule has 0 saturated heterocycles. The molecule has 1 aliphatic rings. The Balaban J connectivity index is 1.48.